The second-order valence-corrected chi connectivity index (χ2v) is 4.90. The van der Waals surface area contributed by atoms with Gasteiger partial charge in [-0.25, -0.2) is 0 Å². The fourth-order valence-corrected chi connectivity index (χ4v) is 2.36. The van der Waals surface area contributed by atoms with Crippen molar-refractivity contribution >= 4 is 5.69 Å². The van der Waals surface area contributed by atoms with Gasteiger partial charge in [-0.3, -0.25) is 0 Å². The van der Waals surface area contributed by atoms with Crippen LogP contribution in [0.4, 0.5) is 5.69 Å². The van der Waals surface area contributed by atoms with Crippen LogP contribution < -0.4 is 10.6 Å². The zero-order chi connectivity index (χ0) is 13.5. The molecule has 0 saturated heterocycles. The average Bonchev–Trinajstić information content (AvgIpc) is 2.32. The van der Waals surface area contributed by atoms with E-state index in [1.165, 1.54) is 11.3 Å². The molecule has 0 aliphatic rings. The Bertz CT molecular complexity index is 352. The minimum Gasteiger partial charge on any atom is -0.383 e. The minimum absolute atomic E-state index is 0.183. The standard InChI is InChI=1S/C15H26N2O/c1-5-17(13(3)11-18-4)15-9-7-6-8-14(15)10-12(2)16/h6-9,12-13H,5,10-11,16H2,1-4H3. The Hall–Kier alpha value is -1.06. The van der Waals surface area contributed by atoms with Crippen molar-refractivity contribution in [3.63, 3.8) is 0 Å². The molecule has 0 saturated carbocycles. The van der Waals surface area contributed by atoms with E-state index in [-0.39, 0.29) is 6.04 Å². The number of rotatable bonds is 7. The summed E-state index contributed by atoms with van der Waals surface area (Å²) < 4.78 is 5.26. The topological polar surface area (TPSA) is 38.5 Å². The lowest BCUT2D eigenvalue weighted by molar-refractivity contribution is 0.182. The van der Waals surface area contributed by atoms with E-state index in [0.717, 1.165) is 19.6 Å². The minimum atomic E-state index is 0.183. The van der Waals surface area contributed by atoms with Crippen LogP contribution >= 0.6 is 0 Å². The molecule has 3 heteroatoms. The molecule has 1 rings (SSSR count). The number of methoxy groups -OCH3 is 1. The Morgan fingerprint density at radius 3 is 2.50 bits per heavy atom. The fraction of sp³-hybridized carbons (Fsp3) is 0.600. The normalized spacial score (nSPS) is 14.3. The Kier molecular flexibility index (Phi) is 6.16. The van der Waals surface area contributed by atoms with E-state index >= 15 is 0 Å². The van der Waals surface area contributed by atoms with Gasteiger partial charge in [0, 0.05) is 31.4 Å². The zero-order valence-electron chi connectivity index (χ0n) is 12.0. The summed E-state index contributed by atoms with van der Waals surface area (Å²) in [5, 5.41) is 0. The van der Waals surface area contributed by atoms with Crippen LogP contribution in [0.1, 0.15) is 26.3 Å². The molecule has 0 aromatic heterocycles. The maximum absolute atomic E-state index is 5.93. The van der Waals surface area contributed by atoms with Crippen molar-refractivity contribution in [2.24, 2.45) is 5.73 Å². The monoisotopic (exact) mass is 250 g/mol. The fourth-order valence-electron chi connectivity index (χ4n) is 2.36. The molecule has 2 N–H and O–H groups in total. The Morgan fingerprint density at radius 1 is 1.28 bits per heavy atom. The van der Waals surface area contributed by atoms with E-state index in [4.69, 9.17) is 10.5 Å². The number of anilines is 1. The van der Waals surface area contributed by atoms with E-state index in [1.54, 1.807) is 7.11 Å². The van der Waals surface area contributed by atoms with Crippen LogP contribution in [0.2, 0.25) is 0 Å². The van der Waals surface area contributed by atoms with E-state index in [1.807, 2.05) is 6.92 Å². The van der Waals surface area contributed by atoms with Gasteiger partial charge in [-0.15, -0.1) is 0 Å². The molecule has 0 radical (unpaired) electrons. The molecule has 2 unspecified atom stereocenters. The van der Waals surface area contributed by atoms with Crippen molar-refractivity contribution in [3.8, 4) is 0 Å². The van der Waals surface area contributed by atoms with Gasteiger partial charge >= 0.3 is 0 Å². The summed E-state index contributed by atoms with van der Waals surface area (Å²) in [6.07, 6.45) is 0.909. The lowest BCUT2D eigenvalue weighted by atomic mass is 10.0. The maximum Gasteiger partial charge on any atom is 0.0663 e. The smallest absolute Gasteiger partial charge is 0.0663 e. The first-order valence-corrected chi connectivity index (χ1v) is 6.69. The molecule has 0 spiro atoms. The van der Waals surface area contributed by atoms with Crippen LogP contribution in [0.3, 0.4) is 0 Å². The zero-order valence-corrected chi connectivity index (χ0v) is 12.0. The molecular weight excluding hydrogens is 224 g/mol. The molecule has 0 amide bonds. The van der Waals surface area contributed by atoms with E-state index < -0.39 is 0 Å². The van der Waals surface area contributed by atoms with E-state index in [0.29, 0.717) is 6.04 Å². The molecule has 0 aliphatic carbocycles. The number of nitrogens with zero attached hydrogens (tertiary/aromatic N) is 1. The Balaban J connectivity index is 2.97. The van der Waals surface area contributed by atoms with Crippen LogP contribution in [-0.4, -0.2) is 32.3 Å². The van der Waals surface area contributed by atoms with E-state index in [9.17, 15) is 0 Å². The average molecular weight is 250 g/mol. The summed E-state index contributed by atoms with van der Waals surface area (Å²) >= 11 is 0. The predicted molar refractivity (Wildman–Crippen MR) is 78.2 cm³/mol. The second-order valence-electron chi connectivity index (χ2n) is 4.90. The number of benzene rings is 1. The molecule has 1 aromatic rings. The van der Waals surface area contributed by atoms with Crippen LogP contribution in [0.15, 0.2) is 24.3 Å². The predicted octanol–water partition coefficient (Wildman–Crippen LogP) is 2.44. The number of para-hydroxylation sites is 1. The summed E-state index contributed by atoms with van der Waals surface area (Å²) in [5.41, 5.74) is 8.52. The third-order valence-electron chi connectivity index (χ3n) is 3.12. The second kappa shape index (κ2) is 7.39. The van der Waals surface area contributed by atoms with Crippen LogP contribution in [0, 0.1) is 0 Å². The van der Waals surface area contributed by atoms with Crippen molar-refractivity contribution in [1.29, 1.82) is 0 Å². The van der Waals surface area contributed by atoms with Gasteiger partial charge < -0.3 is 15.4 Å². The molecule has 0 bridgehead atoms. The number of likely N-dealkylation sites (N-methyl/N-ethyl adjacent to an activating group) is 1. The van der Waals surface area contributed by atoms with Crippen LogP contribution in [0.5, 0.6) is 0 Å². The Morgan fingerprint density at radius 2 is 1.94 bits per heavy atom. The first-order chi connectivity index (χ1) is 8.60. The molecule has 102 valence electrons. The van der Waals surface area contributed by atoms with Crippen LogP contribution in [0.25, 0.3) is 0 Å². The van der Waals surface area contributed by atoms with Crippen molar-refractivity contribution in [3.05, 3.63) is 29.8 Å². The summed E-state index contributed by atoms with van der Waals surface area (Å²) in [6, 6.07) is 9.06. The van der Waals surface area contributed by atoms with Crippen LogP contribution in [-0.2, 0) is 11.2 Å². The Labute approximate surface area is 111 Å². The quantitative estimate of drug-likeness (QED) is 0.808. The van der Waals surface area contributed by atoms with Gasteiger partial charge in [0.05, 0.1) is 6.61 Å². The number of nitrogens with two attached hydrogens (primary N) is 1. The first-order valence-electron chi connectivity index (χ1n) is 6.69. The van der Waals surface area contributed by atoms with Crippen molar-refractivity contribution in [2.45, 2.75) is 39.3 Å². The van der Waals surface area contributed by atoms with Gasteiger partial charge in [-0.05, 0) is 38.8 Å². The molecule has 0 fully saturated rings. The molecule has 1 aromatic carbocycles. The highest BCUT2D eigenvalue weighted by Crippen LogP contribution is 2.23. The van der Waals surface area contributed by atoms with Gasteiger partial charge in [-0.2, -0.15) is 0 Å². The lowest BCUT2D eigenvalue weighted by Crippen LogP contribution is -2.37. The van der Waals surface area contributed by atoms with Gasteiger partial charge in [0.15, 0.2) is 0 Å². The highest BCUT2D eigenvalue weighted by Gasteiger charge is 2.16. The molecule has 2 atom stereocenters. The van der Waals surface area contributed by atoms with Gasteiger partial charge in [0.25, 0.3) is 0 Å². The third kappa shape index (κ3) is 4.00. The summed E-state index contributed by atoms with van der Waals surface area (Å²) in [5.74, 6) is 0. The molecule has 0 heterocycles. The van der Waals surface area contributed by atoms with E-state index in [2.05, 4.69) is 43.0 Å². The summed E-state index contributed by atoms with van der Waals surface area (Å²) in [7, 11) is 1.75. The van der Waals surface area contributed by atoms with Gasteiger partial charge in [0.2, 0.25) is 0 Å². The van der Waals surface area contributed by atoms with Crippen molar-refractivity contribution in [1.82, 2.24) is 0 Å². The number of hydrogen-bond donors (Lipinski definition) is 1. The molecule has 3 nitrogen and oxygen atoms in total. The SMILES string of the molecule is CCN(c1ccccc1CC(C)N)C(C)COC. The lowest BCUT2D eigenvalue weighted by Gasteiger charge is -2.32. The number of hydrogen-bond acceptors (Lipinski definition) is 3. The summed E-state index contributed by atoms with van der Waals surface area (Å²) in [4.78, 5) is 2.38. The first kappa shape index (κ1) is 15.0. The van der Waals surface area contributed by atoms with Crippen molar-refractivity contribution in [2.75, 3.05) is 25.2 Å². The maximum atomic E-state index is 5.93. The van der Waals surface area contributed by atoms with Gasteiger partial charge in [0.1, 0.15) is 0 Å². The largest absolute Gasteiger partial charge is 0.383 e. The van der Waals surface area contributed by atoms with Gasteiger partial charge in [-0.1, -0.05) is 18.2 Å². The third-order valence-corrected chi connectivity index (χ3v) is 3.12. The number of ether oxygens (including phenoxy) is 1. The van der Waals surface area contributed by atoms with Crippen molar-refractivity contribution < 1.29 is 4.74 Å². The summed E-state index contributed by atoms with van der Waals surface area (Å²) in [6.45, 7) is 8.12. The molecular formula is C15H26N2O. The highest BCUT2D eigenvalue weighted by atomic mass is 16.5. The molecule has 0 aliphatic heterocycles. The highest BCUT2D eigenvalue weighted by molar-refractivity contribution is 5.54. The molecule has 18 heavy (non-hydrogen) atoms.